The fourth-order valence-electron chi connectivity index (χ4n) is 3.10. The van der Waals surface area contributed by atoms with E-state index in [9.17, 15) is 9.59 Å². The number of benzene rings is 1. The zero-order valence-electron chi connectivity index (χ0n) is 16.2. The lowest BCUT2D eigenvalue weighted by Gasteiger charge is -2.19. The summed E-state index contributed by atoms with van der Waals surface area (Å²) in [6.07, 6.45) is 2.60. The highest BCUT2D eigenvalue weighted by atomic mass is 35.5. The molecule has 1 unspecified atom stereocenters. The molecule has 3 rings (SSSR count). The molecule has 2 amide bonds. The van der Waals surface area contributed by atoms with Crippen molar-refractivity contribution in [2.45, 2.75) is 38.8 Å². The van der Waals surface area contributed by atoms with Crippen LogP contribution in [0.15, 0.2) is 29.6 Å². The molecule has 2 aromatic rings. The Morgan fingerprint density at radius 2 is 2.00 bits per heavy atom. The number of anilines is 2. The van der Waals surface area contributed by atoms with E-state index in [1.54, 1.807) is 12.3 Å². The number of halogens is 2. The van der Waals surface area contributed by atoms with Crippen LogP contribution < -0.4 is 21.3 Å². The summed E-state index contributed by atoms with van der Waals surface area (Å²) in [6.45, 7) is 4.23. The van der Waals surface area contributed by atoms with Crippen molar-refractivity contribution in [3.05, 3.63) is 40.3 Å². The first-order chi connectivity index (χ1) is 13.0. The molecule has 2 heterocycles. The number of nitrogens with one attached hydrogen (secondary N) is 2. The highest BCUT2D eigenvalue weighted by Gasteiger charge is 2.16. The van der Waals surface area contributed by atoms with Crippen molar-refractivity contribution >= 4 is 59.3 Å². The monoisotopic (exact) mass is 459 g/mol. The molecule has 29 heavy (non-hydrogen) atoms. The fraction of sp³-hybridized carbons (Fsp3) is 0.421. The Hall–Kier alpha value is -1.87. The summed E-state index contributed by atoms with van der Waals surface area (Å²) in [7, 11) is 0. The van der Waals surface area contributed by atoms with E-state index < -0.39 is 0 Å². The Balaban J connectivity index is 0.00000210. The number of carbonyl (C=O) groups is 2. The van der Waals surface area contributed by atoms with Crippen molar-refractivity contribution < 1.29 is 9.59 Å². The Bertz CT molecular complexity index is 811. The van der Waals surface area contributed by atoms with Crippen LogP contribution in [0, 0.1) is 0 Å². The Morgan fingerprint density at radius 3 is 2.66 bits per heavy atom. The van der Waals surface area contributed by atoms with Crippen LogP contribution in [0.2, 0.25) is 0 Å². The molecule has 1 aliphatic rings. The van der Waals surface area contributed by atoms with Gasteiger partial charge in [0, 0.05) is 48.9 Å². The minimum atomic E-state index is -0.303. The van der Waals surface area contributed by atoms with Gasteiger partial charge in [-0.25, -0.2) is 4.98 Å². The Kier molecular flexibility index (Phi) is 10.4. The molecule has 160 valence electrons. The van der Waals surface area contributed by atoms with Crippen LogP contribution in [0.5, 0.6) is 0 Å². The number of thiazole rings is 1. The zero-order valence-corrected chi connectivity index (χ0v) is 18.7. The second kappa shape index (κ2) is 12.0. The SMILES string of the molecule is CC(CC(=O)Nc1cccc(N2CCCC2)c1)NC(=O)c1csc(CN)n1.Cl.Cl. The minimum Gasteiger partial charge on any atom is -0.371 e. The number of hydrogen-bond donors (Lipinski definition) is 3. The molecule has 1 fully saturated rings. The van der Waals surface area contributed by atoms with Crippen LogP contribution >= 0.6 is 36.2 Å². The van der Waals surface area contributed by atoms with E-state index >= 15 is 0 Å². The van der Waals surface area contributed by atoms with Crippen LogP contribution in [-0.2, 0) is 11.3 Å². The van der Waals surface area contributed by atoms with Gasteiger partial charge in [0.15, 0.2) is 0 Å². The van der Waals surface area contributed by atoms with Crippen molar-refractivity contribution in [2.75, 3.05) is 23.3 Å². The number of hydrogen-bond acceptors (Lipinski definition) is 6. The molecule has 1 atom stereocenters. The number of rotatable bonds is 7. The van der Waals surface area contributed by atoms with Crippen molar-refractivity contribution in [3.63, 3.8) is 0 Å². The lowest BCUT2D eigenvalue weighted by Crippen LogP contribution is -2.35. The molecule has 1 aromatic heterocycles. The Labute approximate surface area is 187 Å². The van der Waals surface area contributed by atoms with E-state index in [4.69, 9.17) is 5.73 Å². The van der Waals surface area contributed by atoms with E-state index in [2.05, 4.69) is 26.6 Å². The second-order valence-electron chi connectivity index (χ2n) is 6.70. The third kappa shape index (κ3) is 7.15. The van der Waals surface area contributed by atoms with Crippen LogP contribution in [0.1, 0.15) is 41.7 Å². The maximum absolute atomic E-state index is 12.3. The Morgan fingerprint density at radius 1 is 1.28 bits per heavy atom. The summed E-state index contributed by atoms with van der Waals surface area (Å²) in [5.74, 6) is -0.426. The van der Waals surface area contributed by atoms with Crippen LogP contribution in [-0.4, -0.2) is 35.9 Å². The molecule has 7 nitrogen and oxygen atoms in total. The van der Waals surface area contributed by atoms with Gasteiger partial charge in [0.1, 0.15) is 10.7 Å². The van der Waals surface area contributed by atoms with Crippen molar-refractivity contribution in [3.8, 4) is 0 Å². The van der Waals surface area contributed by atoms with Gasteiger partial charge in [-0.15, -0.1) is 36.2 Å². The van der Waals surface area contributed by atoms with E-state index in [-0.39, 0.29) is 49.1 Å². The minimum absolute atomic E-state index is 0. The molecule has 0 saturated carbocycles. The molecule has 0 aliphatic carbocycles. The largest absolute Gasteiger partial charge is 0.371 e. The molecule has 1 saturated heterocycles. The van der Waals surface area contributed by atoms with Gasteiger partial charge in [-0.2, -0.15) is 0 Å². The molecule has 4 N–H and O–H groups in total. The maximum Gasteiger partial charge on any atom is 0.270 e. The number of nitrogens with two attached hydrogens (primary N) is 1. The number of amides is 2. The lowest BCUT2D eigenvalue weighted by molar-refractivity contribution is -0.116. The molecular weight excluding hydrogens is 433 g/mol. The van der Waals surface area contributed by atoms with Gasteiger partial charge < -0.3 is 21.3 Å². The van der Waals surface area contributed by atoms with Crippen LogP contribution in [0.3, 0.4) is 0 Å². The van der Waals surface area contributed by atoms with Crippen LogP contribution in [0.4, 0.5) is 11.4 Å². The summed E-state index contributed by atoms with van der Waals surface area (Å²) in [5, 5.41) is 8.10. The average molecular weight is 460 g/mol. The molecule has 1 aromatic carbocycles. The normalized spacial score (nSPS) is 13.8. The van der Waals surface area contributed by atoms with Gasteiger partial charge in [0.2, 0.25) is 5.91 Å². The first-order valence-corrected chi connectivity index (χ1v) is 10.0. The average Bonchev–Trinajstić information content (AvgIpc) is 3.33. The van der Waals surface area contributed by atoms with Gasteiger partial charge >= 0.3 is 0 Å². The van der Waals surface area contributed by atoms with E-state index in [1.165, 1.54) is 24.2 Å². The smallest absolute Gasteiger partial charge is 0.270 e. The molecular formula is C19H27Cl2N5O2S. The summed E-state index contributed by atoms with van der Waals surface area (Å²) >= 11 is 1.35. The summed E-state index contributed by atoms with van der Waals surface area (Å²) in [4.78, 5) is 31.0. The molecule has 0 spiro atoms. The van der Waals surface area contributed by atoms with Crippen molar-refractivity contribution in [1.29, 1.82) is 0 Å². The topological polar surface area (TPSA) is 100 Å². The van der Waals surface area contributed by atoms with Gasteiger partial charge in [0.05, 0.1) is 0 Å². The predicted octanol–water partition coefficient (Wildman–Crippen LogP) is 3.19. The van der Waals surface area contributed by atoms with Gasteiger partial charge in [-0.3, -0.25) is 9.59 Å². The molecule has 0 bridgehead atoms. The molecule has 10 heteroatoms. The number of aromatic nitrogens is 1. The van der Waals surface area contributed by atoms with E-state index in [0.717, 1.165) is 24.5 Å². The highest BCUT2D eigenvalue weighted by molar-refractivity contribution is 7.09. The van der Waals surface area contributed by atoms with Gasteiger partial charge in [-0.05, 0) is 38.0 Å². The first kappa shape index (κ1) is 25.2. The predicted molar refractivity (Wildman–Crippen MR) is 123 cm³/mol. The third-order valence-corrected chi connectivity index (χ3v) is 5.30. The van der Waals surface area contributed by atoms with E-state index in [0.29, 0.717) is 17.2 Å². The summed E-state index contributed by atoms with van der Waals surface area (Å²) < 4.78 is 0. The molecule has 0 radical (unpaired) electrons. The molecule has 1 aliphatic heterocycles. The zero-order chi connectivity index (χ0) is 19.2. The van der Waals surface area contributed by atoms with Gasteiger partial charge in [0.25, 0.3) is 5.91 Å². The standard InChI is InChI=1S/C19H25N5O2S.2ClH/c1-13(21-19(26)16-12-27-18(11-20)23-16)9-17(25)22-14-5-4-6-15(10-14)24-7-2-3-8-24;;/h4-6,10,12-13H,2-3,7-9,11,20H2,1H3,(H,21,26)(H,22,25);2*1H. The highest BCUT2D eigenvalue weighted by Crippen LogP contribution is 2.23. The first-order valence-electron chi connectivity index (χ1n) is 9.15. The maximum atomic E-state index is 12.3. The summed E-state index contributed by atoms with van der Waals surface area (Å²) in [5.41, 5.74) is 7.76. The second-order valence-corrected chi connectivity index (χ2v) is 7.64. The quantitative estimate of drug-likeness (QED) is 0.589. The third-order valence-electron chi connectivity index (χ3n) is 4.43. The summed E-state index contributed by atoms with van der Waals surface area (Å²) in [6, 6.07) is 7.58. The van der Waals surface area contributed by atoms with Gasteiger partial charge in [-0.1, -0.05) is 6.07 Å². The number of carbonyl (C=O) groups excluding carboxylic acids is 2. The number of nitrogens with zero attached hydrogens (tertiary/aromatic N) is 2. The van der Waals surface area contributed by atoms with Crippen LogP contribution in [0.25, 0.3) is 0 Å². The van der Waals surface area contributed by atoms with Crippen molar-refractivity contribution in [2.24, 2.45) is 5.73 Å². The lowest BCUT2D eigenvalue weighted by atomic mass is 10.2. The van der Waals surface area contributed by atoms with E-state index in [1.807, 2.05) is 18.2 Å². The van der Waals surface area contributed by atoms with Crippen molar-refractivity contribution in [1.82, 2.24) is 10.3 Å². The fourth-order valence-corrected chi connectivity index (χ4v) is 3.76.